The Balaban J connectivity index is 1.15. The molecule has 0 spiro atoms. The first-order chi connectivity index (χ1) is 15.0. The number of hydrogen-bond donors (Lipinski definition) is 1. The van der Waals surface area contributed by atoms with Crippen LogP contribution in [0.1, 0.15) is 107 Å². The molecule has 3 aliphatic rings. The van der Waals surface area contributed by atoms with Crippen molar-refractivity contribution in [1.29, 1.82) is 0 Å². The highest BCUT2D eigenvalue weighted by molar-refractivity contribution is 5.45. The van der Waals surface area contributed by atoms with E-state index in [0.29, 0.717) is 16.9 Å². The molecule has 1 atom stereocenters. The number of fused-ring (bicyclic) bond motifs is 1. The average Bonchev–Trinajstić information content (AvgIpc) is 2.80. The lowest BCUT2D eigenvalue weighted by atomic mass is 9.69. The molecule has 0 bridgehead atoms. The van der Waals surface area contributed by atoms with Crippen molar-refractivity contribution < 1.29 is 14.2 Å². The van der Waals surface area contributed by atoms with E-state index in [2.05, 4.69) is 6.92 Å². The van der Waals surface area contributed by atoms with Crippen molar-refractivity contribution >= 4 is 0 Å². The fourth-order valence-corrected chi connectivity index (χ4v) is 6.57. The summed E-state index contributed by atoms with van der Waals surface area (Å²) in [4.78, 5) is 0. The number of rotatable bonds is 7. The third-order valence-corrected chi connectivity index (χ3v) is 8.85. The molecule has 1 aromatic rings. The molecule has 2 nitrogen and oxygen atoms in total. The van der Waals surface area contributed by atoms with Gasteiger partial charge in [0.1, 0.15) is 0 Å². The van der Waals surface area contributed by atoms with Crippen molar-refractivity contribution in [2.45, 2.75) is 116 Å². The van der Waals surface area contributed by atoms with Gasteiger partial charge in [-0.2, -0.15) is 0 Å². The van der Waals surface area contributed by atoms with Crippen molar-refractivity contribution in [3.63, 3.8) is 0 Å². The molecule has 3 heteroatoms. The van der Waals surface area contributed by atoms with Crippen molar-refractivity contribution in [3.05, 3.63) is 28.6 Å². The van der Waals surface area contributed by atoms with Crippen LogP contribution in [-0.2, 0) is 13.0 Å². The molecular formula is C28H43FO2. The van der Waals surface area contributed by atoms with Gasteiger partial charge in [-0.05, 0) is 105 Å². The molecule has 0 radical (unpaired) electrons. The molecule has 174 valence electrons. The van der Waals surface area contributed by atoms with Crippen LogP contribution in [0.2, 0.25) is 0 Å². The predicted octanol–water partition coefficient (Wildman–Crippen LogP) is 7.51. The van der Waals surface area contributed by atoms with Crippen LogP contribution in [0.3, 0.4) is 0 Å². The summed E-state index contributed by atoms with van der Waals surface area (Å²) in [6, 6.07) is 1.92. The van der Waals surface area contributed by atoms with Crippen LogP contribution in [-0.4, -0.2) is 11.2 Å². The van der Waals surface area contributed by atoms with E-state index in [1.165, 1.54) is 70.6 Å². The van der Waals surface area contributed by atoms with Gasteiger partial charge < -0.3 is 9.84 Å². The van der Waals surface area contributed by atoms with Gasteiger partial charge in [-0.1, -0.05) is 45.4 Å². The van der Waals surface area contributed by atoms with Crippen molar-refractivity contribution in [2.75, 3.05) is 0 Å². The number of hydrogen-bond acceptors (Lipinski definition) is 2. The fraction of sp³-hybridized carbons (Fsp3) is 0.786. The Labute approximate surface area is 189 Å². The summed E-state index contributed by atoms with van der Waals surface area (Å²) in [5.74, 6) is 4.12. The monoisotopic (exact) mass is 430 g/mol. The number of aryl methyl sites for hydroxylation is 1. The predicted molar refractivity (Wildman–Crippen MR) is 125 cm³/mol. The molecule has 1 unspecified atom stereocenters. The van der Waals surface area contributed by atoms with Gasteiger partial charge in [-0.15, -0.1) is 0 Å². The summed E-state index contributed by atoms with van der Waals surface area (Å²) in [6.07, 6.45) is 18.6. The van der Waals surface area contributed by atoms with Gasteiger partial charge in [0.05, 0.1) is 12.7 Å². The van der Waals surface area contributed by atoms with Crippen LogP contribution in [0.15, 0.2) is 6.07 Å². The molecular weight excluding hydrogens is 387 g/mol. The Morgan fingerprint density at radius 3 is 2.26 bits per heavy atom. The van der Waals surface area contributed by atoms with Gasteiger partial charge in [0.15, 0.2) is 11.6 Å². The van der Waals surface area contributed by atoms with Gasteiger partial charge in [0.2, 0.25) is 0 Å². The highest BCUT2D eigenvalue weighted by Gasteiger charge is 2.30. The second kappa shape index (κ2) is 10.7. The molecule has 1 aliphatic heterocycles. The van der Waals surface area contributed by atoms with Gasteiger partial charge in [0, 0.05) is 0 Å². The molecule has 0 amide bonds. The third-order valence-electron chi connectivity index (χ3n) is 8.85. The normalized spacial score (nSPS) is 31.2. The van der Waals surface area contributed by atoms with E-state index < -0.39 is 0 Å². The number of halogens is 1. The number of unbranched alkanes of at least 4 members (excludes halogenated alkanes) is 1. The summed E-state index contributed by atoms with van der Waals surface area (Å²) >= 11 is 0. The van der Waals surface area contributed by atoms with E-state index in [9.17, 15) is 9.50 Å². The highest BCUT2D eigenvalue weighted by Crippen LogP contribution is 2.42. The SMILES string of the molecule is Cc1c(CO)cc2c(c1F)OC(CCCCC1CCC(C3CCC(C)CC3)CC1)CC2. The summed E-state index contributed by atoms with van der Waals surface area (Å²) < 4.78 is 20.8. The Bertz CT molecular complexity index is 714. The lowest BCUT2D eigenvalue weighted by Gasteiger charge is -2.37. The number of aliphatic hydroxyl groups excluding tert-OH is 1. The minimum absolute atomic E-state index is 0.110. The maximum absolute atomic E-state index is 14.7. The van der Waals surface area contributed by atoms with Crippen LogP contribution in [0, 0.1) is 36.4 Å². The Morgan fingerprint density at radius 2 is 1.58 bits per heavy atom. The van der Waals surface area contributed by atoms with Crippen molar-refractivity contribution in [1.82, 2.24) is 0 Å². The van der Waals surface area contributed by atoms with Gasteiger partial charge in [0.25, 0.3) is 0 Å². The van der Waals surface area contributed by atoms with Crippen LogP contribution in [0.4, 0.5) is 4.39 Å². The molecule has 1 heterocycles. The van der Waals surface area contributed by atoms with Gasteiger partial charge >= 0.3 is 0 Å². The van der Waals surface area contributed by atoms with E-state index in [1.54, 1.807) is 6.92 Å². The smallest absolute Gasteiger partial charge is 0.168 e. The summed E-state index contributed by atoms with van der Waals surface area (Å²) in [5.41, 5.74) is 2.14. The average molecular weight is 431 g/mol. The standard InChI is InChI=1S/C28H43FO2/c1-19-7-11-22(12-8-19)23-13-9-21(10-14-23)5-3-4-6-26-16-15-24-17-25(18-30)20(2)27(29)28(24)31-26/h17,19,21-23,26,30H,3-16,18H2,1-2H3. The number of benzene rings is 1. The third kappa shape index (κ3) is 5.64. The summed E-state index contributed by atoms with van der Waals surface area (Å²) in [5, 5.41) is 9.43. The zero-order valence-electron chi connectivity index (χ0n) is 19.8. The van der Waals surface area contributed by atoms with Crippen LogP contribution < -0.4 is 4.74 Å². The second-order valence-electron chi connectivity index (χ2n) is 11.0. The highest BCUT2D eigenvalue weighted by atomic mass is 19.1. The quantitative estimate of drug-likeness (QED) is 0.453. The van der Waals surface area contributed by atoms with Crippen molar-refractivity contribution in [2.24, 2.45) is 23.7 Å². The molecule has 4 rings (SSSR count). The van der Waals surface area contributed by atoms with E-state index in [4.69, 9.17) is 4.74 Å². The van der Waals surface area contributed by atoms with E-state index >= 15 is 0 Å². The van der Waals surface area contributed by atoms with Crippen LogP contribution >= 0.6 is 0 Å². The summed E-state index contributed by atoms with van der Waals surface area (Å²) in [6.45, 7) is 4.05. The first kappa shape index (κ1) is 23.1. The Kier molecular flexibility index (Phi) is 7.96. The maximum atomic E-state index is 14.7. The zero-order valence-corrected chi connectivity index (χ0v) is 19.8. The lowest BCUT2D eigenvalue weighted by Crippen LogP contribution is -2.25. The van der Waals surface area contributed by atoms with Crippen molar-refractivity contribution in [3.8, 4) is 5.75 Å². The summed E-state index contributed by atoms with van der Waals surface area (Å²) in [7, 11) is 0. The minimum atomic E-state index is -0.268. The molecule has 2 fully saturated rings. The van der Waals surface area contributed by atoms with Crippen LogP contribution in [0.5, 0.6) is 5.75 Å². The fourth-order valence-electron chi connectivity index (χ4n) is 6.57. The zero-order chi connectivity index (χ0) is 21.8. The molecule has 0 saturated heterocycles. The largest absolute Gasteiger partial charge is 0.487 e. The lowest BCUT2D eigenvalue weighted by molar-refractivity contribution is 0.140. The maximum Gasteiger partial charge on any atom is 0.168 e. The first-order valence-corrected chi connectivity index (χ1v) is 13.1. The molecule has 1 N–H and O–H groups in total. The van der Waals surface area contributed by atoms with Gasteiger partial charge in [-0.3, -0.25) is 0 Å². The Hall–Kier alpha value is -1.09. The molecule has 2 aliphatic carbocycles. The molecule has 0 aromatic heterocycles. The number of ether oxygens (including phenoxy) is 1. The van der Waals surface area contributed by atoms with Crippen LogP contribution in [0.25, 0.3) is 0 Å². The van der Waals surface area contributed by atoms with E-state index in [1.807, 2.05) is 6.07 Å². The van der Waals surface area contributed by atoms with E-state index in [0.717, 1.165) is 48.5 Å². The topological polar surface area (TPSA) is 29.5 Å². The van der Waals surface area contributed by atoms with E-state index in [-0.39, 0.29) is 18.5 Å². The molecule has 31 heavy (non-hydrogen) atoms. The van der Waals surface area contributed by atoms with Gasteiger partial charge in [-0.25, -0.2) is 4.39 Å². The Morgan fingerprint density at radius 1 is 0.935 bits per heavy atom. The first-order valence-electron chi connectivity index (χ1n) is 13.1. The second-order valence-corrected chi connectivity index (χ2v) is 11.0. The molecule has 2 saturated carbocycles. The minimum Gasteiger partial charge on any atom is -0.487 e. The molecule has 1 aromatic carbocycles. The number of aliphatic hydroxyl groups is 1.